The fraction of sp³-hybridized carbons (Fsp3) is 0.364. The number of hydrogen-bond donors (Lipinski definition) is 0. The maximum Gasteiger partial charge on any atom is 0.267 e. The number of rotatable bonds is 2. The van der Waals surface area contributed by atoms with Crippen molar-refractivity contribution in [1.29, 1.82) is 0 Å². The number of halogens is 2. The predicted octanol–water partition coefficient (Wildman–Crippen LogP) is 2.01. The van der Waals surface area contributed by atoms with Crippen LogP contribution in [0.2, 0.25) is 0 Å². The maximum absolute atomic E-state index is 12.1. The quantitative estimate of drug-likeness (QED) is 0.695. The molecule has 0 spiro atoms. The molecule has 2 aromatic heterocycles. The van der Waals surface area contributed by atoms with Gasteiger partial charge in [0.25, 0.3) is 5.56 Å². The summed E-state index contributed by atoms with van der Waals surface area (Å²) in [5, 5.41) is 4.32. The molecule has 0 unspecified atom stereocenters. The van der Waals surface area contributed by atoms with Gasteiger partial charge in [0.15, 0.2) is 0 Å². The summed E-state index contributed by atoms with van der Waals surface area (Å²) in [5.74, 6) is 0.700. The van der Waals surface area contributed by atoms with Crippen LogP contribution < -0.4 is 5.56 Å². The van der Waals surface area contributed by atoms with Gasteiger partial charge in [-0.15, -0.1) is 0 Å². The number of nitrogens with zero attached hydrogens (tertiary/aromatic N) is 4. The average molecular weight is 423 g/mol. The molecule has 0 fully saturated rings. The van der Waals surface area contributed by atoms with Crippen molar-refractivity contribution in [3.05, 3.63) is 41.8 Å². The Balaban J connectivity index is 2.53. The van der Waals surface area contributed by atoms with Crippen LogP contribution in [-0.4, -0.2) is 19.3 Å². The zero-order valence-electron chi connectivity index (χ0n) is 10.2. The Kier molecular flexibility index (Phi) is 3.90. The van der Waals surface area contributed by atoms with Gasteiger partial charge in [0.1, 0.15) is 5.82 Å². The molecule has 2 aromatic rings. The van der Waals surface area contributed by atoms with Gasteiger partial charge in [0, 0.05) is 13.2 Å². The molecule has 0 aromatic carbocycles. The van der Waals surface area contributed by atoms with E-state index in [1.807, 2.05) is 43.5 Å². The smallest absolute Gasteiger partial charge is 0.267 e. The summed E-state index contributed by atoms with van der Waals surface area (Å²) in [6.07, 6.45) is 1.60. The Morgan fingerprint density at radius 1 is 1.44 bits per heavy atom. The van der Waals surface area contributed by atoms with Crippen LogP contribution in [0.5, 0.6) is 0 Å². The van der Waals surface area contributed by atoms with Crippen LogP contribution >= 0.6 is 38.5 Å². The third-order valence-corrected chi connectivity index (χ3v) is 4.55. The number of aromatic nitrogens is 4. The van der Waals surface area contributed by atoms with Gasteiger partial charge in [-0.3, -0.25) is 14.0 Å². The zero-order valence-corrected chi connectivity index (χ0v) is 14.0. The first-order valence-electron chi connectivity index (χ1n) is 5.31. The van der Waals surface area contributed by atoms with Gasteiger partial charge in [-0.05, 0) is 52.4 Å². The van der Waals surface area contributed by atoms with Gasteiger partial charge in [0.05, 0.1) is 26.0 Å². The summed E-state index contributed by atoms with van der Waals surface area (Å²) >= 11 is 5.51. The van der Waals surface area contributed by atoms with Crippen LogP contribution in [-0.2, 0) is 13.6 Å². The summed E-state index contributed by atoms with van der Waals surface area (Å²) < 4.78 is 5.00. The molecule has 0 saturated heterocycles. The van der Waals surface area contributed by atoms with Crippen LogP contribution in [0.1, 0.15) is 17.2 Å². The van der Waals surface area contributed by atoms with Crippen molar-refractivity contribution in [2.75, 3.05) is 0 Å². The molecule has 18 heavy (non-hydrogen) atoms. The Labute approximate surface area is 126 Å². The van der Waals surface area contributed by atoms with E-state index in [9.17, 15) is 4.79 Å². The van der Waals surface area contributed by atoms with Crippen LogP contribution in [0.15, 0.2) is 15.5 Å². The Morgan fingerprint density at radius 3 is 2.67 bits per heavy atom. The fourth-order valence-corrected chi connectivity index (χ4v) is 2.63. The molecule has 2 heterocycles. The average Bonchev–Trinajstić information content (AvgIpc) is 2.55. The van der Waals surface area contributed by atoms with E-state index >= 15 is 0 Å². The van der Waals surface area contributed by atoms with E-state index in [0.717, 1.165) is 15.9 Å². The second-order valence-corrected chi connectivity index (χ2v) is 5.97. The second kappa shape index (κ2) is 5.12. The summed E-state index contributed by atoms with van der Waals surface area (Å²) in [7, 11) is 1.87. The topological polar surface area (TPSA) is 52.7 Å². The second-order valence-electron chi connectivity index (χ2n) is 4.01. The first-order chi connectivity index (χ1) is 8.41. The Hall–Kier alpha value is -0.700. The van der Waals surface area contributed by atoms with Crippen LogP contribution in [0, 0.1) is 17.4 Å². The van der Waals surface area contributed by atoms with E-state index in [1.54, 1.807) is 15.4 Å². The predicted molar refractivity (Wildman–Crippen MR) is 80.7 cm³/mol. The molecule has 0 aliphatic carbocycles. The van der Waals surface area contributed by atoms with Crippen molar-refractivity contribution >= 4 is 38.5 Å². The summed E-state index contributed by atoms with van der Waals surface area (Å²) in [4.78, 5) is 16.3. The van der Waals surface area contributed by atoms with Gasteiger partial charge in [-0.25, -0.2) is 4.98 Å². The van der Waals surface area contributed by atoms with Gasteiger partial charge >= 0.3 is 0 Å². The van der Waals surface area contributed by atoms with Crippen molar-refractivity contribution in [3.63, 3.8) is 0 Å². The van der Waals surface area contributed by atoms with Gasteiger partial charge in [-0.1, -0.05) is 0 Å². The molecule has 0 bridgehead atoms. The molecule has 0 amide bonds. The first kappa shape index (κ1) is 13.7. The minimum Gasteiger partial charge on any atom is -0.290 e. The molecule has 0 radical (unpaired) electrons. The highest BCUT2D eigenvalue weighted by Gasteiger charge is 2.14. The van der Waals surface area contributed by atoms with Gasteiger partial charge < -0.3 is 0 Å². The van der Waals surface area contributed by atoms with E-state index < -0.39 is 0 Å². The van der Waals surface area contributed by atoms with E-state index in [0.29, 0.717) is 15.9 Å². The molecular formula is C11H12BrIN4O. The Morgan fingerprint density at radius 2 is 2.11 bits per heavy atom. The third kappa shape index (κ3) is 2.37. The fourth-order valence-electron chi connectivity index (χ4n) is 1.74. The summed E-state index contributed by atoms with van der Waals surface area (Å²) in [6.45, 7) is 4.22. The van der Waals surface area contributed by atoms with Crippen LogP contribution in [0.4, 0.5) is 0 Å². The van der Waals surface area contributed by atoms with Crippen molar-refractivity contribution in [2.45, 2.75) is 20.4 Å². The molecule has 0 aliphatic rings. The molecule has 0 atom stereocenters. The van der Waals surface area contributed by atoms with E-state index in [2.05, 4.69) is 26.0 Å². The monoisotopic (exact) mass is 422 g/mol. The minimum atomic E-state index is -0.0196. The molecule has 96 valence electrons. The molecule has 2 rings (SSSR count). The van der Waals surface area contributed by atoms with E-state index in [4.69, 9.17) is 0 Å². The highest BCUT2D eigenvalue weighted by atomic mass is 127. The lowest BCUT2D eigenvalue weighted by Crippen LogP contribution is -2.27. The van der Waals surface area contributed by atoms with E-state index in [1.165, 1.54) is 0 Å². The molecule has 0 saturated carbocycles. The lowest BCUT2D eigenvalue weighted by Gasteiger charge is -2.10. The lowest BCUT2D eigenvalue weighted by atomic mass is 10.3. The standard InChI is InChI=1S/C11H12BrIN4O/c1-6-10(12)9(16(3)15-6)5-17-7(2)14-4-8(13)11(17)18/h4H,5H2,1-3H3. The summed E-state index contributed by atoms with van der Waals surface area (Å²) in [6, 6.07) is 0. The van der Waals surface area contributed by atoms with Gasteiger partial charge in [0.2, 0.25) is 0 Å². The minimum absolute atomic E-state index is 0.0196. The zero-order chi connectivity index (χ0) is 13.4. The highest BCUT2D eigenvalue weighted by molar-refractivity contribution is 14.1. The lowest BCUT2D eigenvalue weighted by molar-refractivity contribution is 0.625. The molecular weight excluding hydrogens is 411 g/mol. The van der Waals surface area contributed by atoms with Crippen molar-refractivity contribution in [3.8, 4) is 0 Å². The van der Waals surface area contributed by atoms with Crippen molar-refractivity contribution in [2.24, 2.45) is 7.05 Å². The molecule has 7 heteroatoms. The SMILES string of the molecule is Cc1nn(C)c(Cn2c(C)ncc(I)c2=O)c1Br. The van der Waals surface area contributed by atoms with E-state index in [-0.39, 0.29) is 5.56 Å². The molecule has 0 N–H and O–H groups in total. The maximum atomic E-state index is 12.1. The summed E-state index contributed by atoms with van der Waals surface area (Å²) in [5.41, 5.74) is 1.85. The third-order valence-electron chi connectivity index (χ3n) is 2.77. The molecule has 5 nitrogen and oxygen atoms in total. The molecule has 0 aliphatic heterocycles. The number of aryl methyl sites for hydroxylation is 3. The highest BCUT2D eigenvalue weighted by Crippen LogP contribution is 2.20. The van der Waals surface area contributed by atoms with Crippen molar-refractivity contribution in [1.82, 2.24) is 19.3 Å². The van der Waals surface area contributed by atoms with Crippen LogP contribution in [0.25, 0.3) is 0 Å². The first-order valence-corrected chi connectivity index (χ1v) is 7.19. The van der Waals surface area contributed by atoms with Crippen molar-refractivity contribution < 1.29 is 0 Å². The normalized spacial score (nSPS) is 10.9. The van der Waals surface area contributed by atoms with Crippen LogP contribution in [0.3, 0.4) is 0 Å². The number of hydrogen-bond acceptors (Lipinski definition) is 3. The largest absolute Gasteiger partial charge is 0.290 e. The Bertz CT molecular complexity index is 662. The van der Waals surface area contributed by atoms with Gasteiger partial charge in [-0.2, -0.15) is 5.10 Å².